The highest BCUT2D eigenvalue weighted by Crippen LogP contribution is 2.24. The van der Waals surface area contributed by atoms with Crippen LogP contribution >= 0.6 is 0 Å². The number of aromatic nitrogens is 2. The van der Waals surface area contributed by atoms with Crippen LogP contribution in [-0.4, -0.2) is 74.1 Å². The Morgan fingerprint density at radius 2 is 0.948 bits per heavy atom. The first kappa shape index (κ1) is 43.7. The largest absolute Gasteiger partial charge is 0.492 e. The van der Waals surface area contributed by atoms with E-state index in [1.807, 2.05) is 72.8 Å². The third-order valence-electron chi connectivity index (χ3n) is 9.11. The quantitative estimate of drug-likeness (QED) is 0.0343. The van der Waals surface area contributed by atoms with Crippen molar-refractivity contribution in [1.82, 2.24) is 9.97 Å². The van der Waals surface area contributed by atoms with Crippen LogP contribution in [0.2, 0.25) is 0 Å². The molecule has 12 heteroatoms. The second-order valence-electron chi connectivity index (χ2n) is 13.5. The van der Waals surface area contributed by atoms with Crippen LogP contribution in [0.1, 0.15) is 62.5 Å². The zero-order valence-electron chi connectivity index (χ0n) is 33.1. The van der Waals surface area contributed by atoms with Crippen LogP contribution < -0.4 is 9.47 Å². The highest BCUT2D eigenvalue weighted by Gasteiger charge is 2.29. The van der Waals surface area contributed by atoms with E-state index in [4.69, 9.17) is 37.9 Å². The molecule has 0 aliphatic carbocycles. The van der Waals surface area contributed by atoms with Gasteiger partial charge in [-0.2, -0.15) is 0 Å². The van der Waals surface area contributed by atoms with Crippen LogP contribution in [0.4, 0.5) is 0 Å². The van der Waals surface area contributed by atoms with E-state index >= 15 is 0 Å². The summed E-state index contributed by atoms with van der Waals surface area (Å²) in [6, 6.07) is 23.9. The molecule has 12 nitrogen and oxygen atoms in total. The minimum absolute atomic E-state index is 0.330. The SMILES string of the molecule is C=CC(=O)OCCCCCCOc1ccc(-c2ccc(CO[C@@H]3OCCO[C@H]3OCc3ccc(-c4ccc(OCCCCCCOC(=O)C=C)cn4)cc3)cc2)nc1. The van der Waals surface area contributed by atoms with Crippen molar-refractivity contribution in [1.29, 1.82) is 0 Å². The number of pyridine rings is 2. The molecule has 1 fully saturated rings. The molecule has 0 spiro atoms. The van der Waals surface area contributed by atoms with Gasteiger partial charge in [0.1, 0.15) is 11.5 Å². The van der Waals surface area contributed by atoms with Gasteiger partial charge in [-0.3, -0.25) is 9.97 Å². The number of hydrogen-bond donors (Lipinski definition) is 0. The summed E-state index contributed by atoms with van der Waals surface area (Å²) >= 11 is 0. The maximum atomic E-state index is 11.1. The summed E-state index contributed by atoms with van der Waals surface area (Å²) in [7, 11) is 0. The molecule has 0 amide bonds. The van der Waals surface area contributed by atoms with E-state index < -0.39 is 12.6 Å². The zero-order valence-corrected chi connectivity index (χ0v) is 33.1. The van der Waals surface area contributed by atoms with Crippen LogP contribution in [0.15, 0.2) is 111 Å². The normalized spacial score (nSPS) is 15.0. The summed E-state index contributed by atoms with van der Waals surface area (Å²) in [5, 5.41) is 0. The molecule has 58 heavy (non-hydrogen) atoms. The molecule has 3 heterocycles. The second kappa shape index (κ2) is 25.1. The summed E-state index contributed by atoms with van der Waals surface area (Å²) in [5.74, 6) is 0.694. The first-order chi connectivity index (χ1) is 28.5. The Morgan fingerprint density at radius 3 is 1.31 bits per heavy atom. The molecule has 308 valence electrons. The van der Waals surface area contributed by atoms with Gasteiger partial charge < -0.3 is 37.9 Å². The maximum Gasteiger partial charge on any atom is 0.330 e. The monoisotopic (exact) mass is 794 g/mol. The maximum absolute atomic E-state index is 11.1. The molecule has 0 unspecified atom stereocenters. The van der Waals surface area contributed by atoms with Gasteiger partial charge in [0.25, 0.3) is 0 Å². The minimum atomic E-state index is -0.664. The molecule has 0 saturated carbocycles. The molecule has 0 N–H and O–H groups in total. The summed E-state index contributed by atoms with van der Waals surface area (Å²) in [6.45, 7) is 10.3. The lowest BCUT2D eigenvalue weighted by Crippen LogP contribution is -2.41. The lowest BCUT2D eigenvalue weighted by molar-refractivity contribution is -0.326. The van der Waals surface area contributed by atoms with E-state index in [0.29, 0.717) is 52.9 Å². The van der Waals surface area contributed by atoms with Gasteiger partial charge in [0.05, 0.1) is 76.6 Å². The number of hydrogen-bond acceptors (Lipinski definition) is 12. The van der Waals surface area contributed by atoms with E-state index in [9.17, 15) is 9.59 Å². The number of esters is 2. The van der Waals surface area contributed by atoms with E-state index in [2.05, 4.69) is 23.1 Å². The van der Waals surface area contributed by atoms with Gasteiger partial charge in [-0.05, 0) is 86.8 Å². The molecule has 2 aromatic carbocycles. The number of rotatable bonds is 26. The van der Waals surface area contributed by atoms with Crippen molar-refractivity contribution in [2.45, 2.75) is 77.2 Å². The standard InChI is InChI=1S/C46H54N2O10/c1-3-43(49)53-27-11-7-5-9-25-51-39-21-23-41(47-31-39)37-17-13-35(14-18-37)33-57-45-46(56-30-29-55-45)58-34-36-15-19-38(20-16-36)42-24-22-40(32-48-42)52-26-10-6-8-12-28-54-44(50)4-2/h3-4,13-24,31-32,45-46H,1-2,5-12,25-30,33-34H2/t45-,46-/m0/s1. The predicted octanol–water partition coefficient (Wildman–Crippen LogP) is 8.58. The fourth-order valence-corrected chi connectivity index (χ4v) is 5.87. The Balaban J connectivity index is 0.975. The lowest BCUT2D eigenvalue weighted by atomic mass is 10.1. The fraction of sp³-hybridized carbons (Fsp3) is 0.391. The Hall–Kier alpha value is -5.40. The molecule has 1 saturated heterocycles. The molecule has 0 radical (unpaired) electrons. The van der Waals surface area contributed by atoms with Gasteiger partial charge in [-0.1, -0.05) is 61.7 Å². The Kier molecular flexibility index (Phi) is 18.9. The van der Waals surface area contributed by atoms with Crippen LogP contribution in [0.25, 0.3) is 22.5 Å². The van der Waals surface area contributed by atoms with Gasteiger partial charge in [0.15, 0.2) is 0 Å². The minimum Gasteiger partial charge on any atom is -0.492 e. The van der Waals surface area contributed by atoms with E-state index in [1.54, 1.807) is 12.4 Å². The first-order valence-corrected chi connectivity index (χ1v) is 19.9. The number of ether oxygens (including phenoxy) is 8. The number of carbonyl (C=O) groups excluding carboxylic acids is 2. The summed E-state index contributed by atoms with van der Waals surface area (Å²) in [5.41, 5.74) is 5.64. The second-order valence-corrected chi connectivity index (χ2v) is 13.5. The molecule has 2 aromatic heterocycles. The zero-order chi connectivity index (χ0) is 40.6. The van der Waals surface area contributed by atoms with Crippen LogP contribution in [0.5, 0.6) is 11.5 Å². The highest BCUT2D eigenvalue weighted by atomic mass is 16.8. The van der Waals surface area contributed by atoms with E-state index in [0.717, 1.165) is 96.5 Å². The van der Waals surface area contributed by atoms with Crippen molar-refractivity contribution in [3.05, 3.63) is 122 Å². The van der Waals surface area contributed by atoms with Gasteiger partial charge >= 0.3 is 11.9 Å². The number of unbranched alkanes of at least 4 members (excludes halogenated alkanes) is 6. The first-order valence-electron chi connectivity index (χ1n) is 19.9. The topological polar surface area (TPSA) is 134 Å². The summed E-state index contributed by atoms with van der Waals surface area (Å²) < 4.78 is 45.6. The molecule has 4 aromatic rings. The van der Waals surface area contributed by atoms with Crippen molar-refractivity contribution in [3.8, 4) is 34.0 Å². The molecule has 1 aliphatic heterocycles. The highest BCUT2D eigenvalue weighted by molar-refractivity contribution is 5.81. The molecular weight excluding hydrogens is 741 g/mol. The number of nitrogens with zero attached hydrogens (tertiary/aromatic N) is 2. The van der Waals surface area contributed by atoms with Crippen molar-refractivity contribution >= 4 is 11.9 Å². The van der Waals surface area contributed by atoms with Crippen molar-refractivity contribution < 1.29 is 47.5 Å². The Bertz CT molecular complexity index is 1680. The van der Waals surface area contributed by atoms with Crippen molar-refractivity contribution in [2.75, 3.05) is 39.6 Å². The Morgan fingerprint density at radius 1 is 0.552 bits per heavy atom. The molecule has 5 rings (SSSR count). The average Bonchev–Trinajstić information content (AvgIpc) is 3.27. The van der Waals surface area contributed by atoms with Crippen LogP contribution in [-0.2, 0) is 51.2 Å². The molecule has 1 aliphatic rings. The van der Waals surface area contributed by atoms with E-state index in [1.165, 1.54) is 12.2 Å². The van der Waals surface area contributed by atoms with Gasteiger partial charge in [0, 0.05) is 23.3 Å². The summed E-state index contributed by atoms with van der Waals surface area (Å²) in [6.07, 6.45) is 11.9. The molecular formula is C46H54N2O10. The average molecular weight is 795 g/mol. The van der Waals surface area contributed by atoms with Gasteiger partial charge in [-0.15, -0.1) is 0 Å². The molecule has 0 bridgehead atoms. The van der Waals surface area contributed by atoms with Crippen molar-refractivity contribution in [2.24, 2.45) is 0 Å². The predicted molar refractivity (Wildman–Crippen MR) is 219 cm³/mol. The van der Waals surface area contributed by atoms with Crippen molar-refractivity contribution in [3.63, 3.8) is 0 Å². The van der Waals surface area contributed by atoms with Crippen LogP contribution in [0.3, 0.4) is 0 Å². The van der Waals surface area contributed by atoms with Crippen LogP contribution in [0, 0.1) is 0 Å². The van der Waals surface area contributed by atoms with Gasteiger partial charge in [-0.25, -0.2) is 9.59 Å². The Labute approximate surface area is 341 Å². The van der Waals surface area contributed by atoms with Gasteiger partial charge in [0.2, 0.25) is 12.6 Å². The van der Waals surface area contributed by atoms with E-state index in [-0.39, 0.29) is 11.9 Å². The number of carbonyl (C=O) groups is 2. The fourth-order valence-electron chi connectivity index (χ4n) is 5.87. The lowest BCUT2D eigenvalue weighted by Gasteiger charge is -2.31. The molecule has 2 atom stereocenters. The third kappa shape index (κ3) is 15.5. The summed E-state index contributed by atoms with van der Waals surface area (Å²) in [4.78, 5) is 31.3. The third-order valence-corrected chi connectivity index (χ3v) is 9.11. The smallest absolute Gasteiger partial charge is 0.330 e. The number of benzene rings is 2.